The van der Waals surface area contributed by atoms with Crippen LogP contribution in [0.15, 0.2) is 63.5 Å². The van der Waals surface area contributed by atoms with Crippen molar-refractivity contribution in [2.75, 3.05) is 0 Å². The average Bonchev–Trinajstić information content (AvgIpc) is 3.18. The van der Waals surface area contributed by atoms with Crippen molar-refractivity contribution in [3.63, 3.8) is 0 Å². The maximum Gasteiger partial charge on any atom is -1.00 e. The molecule has 2 aromatic carbocycles. The Hall–Kier alpha value is -0.617. The second-order valence-electron chi connectivity index (χ2n) is 6.55. The van der Waals surface area contributed by atoms with E-state index in [1.807, 2.05) is 0 Å². The van der Waals surface area contributed by atoms with Crippen molar-refractivity contribution in [1.29, 1.82) is 0 Å². The fraction of sp³-hybridized carbons (Fsp3) is 0.273. The number of allylic oxidation sites excluding steroid dienone is 4. The molecule has 128 valence electrons. The summed E-state index contributed by atoms with van der Waals surface area (Å²) in [7, 11) is 0. The summed E-state index contributed by atoms with van der Waals surface area (Å²) >= 11 is -0.638. The van der Waals surface area contributed by atoms with Crippen LogP contribution < -0.4 is 28.1 Å². The van der Waals surface area contributed by atoms with E-state index in [1.165, 1.54) is 42.4 Å². The second-order valence-corrected chi connectivity index (χ2v) is 10.1. The van der Waals surface area contributed by atoms with Gasteiger partial charge in [-0.1, -0.05) is 0 Å². The molecule has 0 nitrogen and oxygen atoms in total. The molecule has 0 N–H and O–H groups in total. The van der Waals surface area contributed by atoms with Crippen LogP contribution in [0.1, 0.15) is 43.7 Å². The van der Waals surface area contributed by atoms with Gasteiger partial charge in [0.15, 0.2) is 0 Å². The predicted octanol–water partition coefficient (Wildman–Crippen LogP) is -0.622. The number of hydrogen-bond donors (Lipinski definition) is 0. The monoisotopic (exact) mass is 446 g/mol. The molecule has 0 heterocycles. The zero-order valence-corrected chi connectivity index (χ0v) is 18.5. The Labute approximate surface area is 175 Å². The molecule has 2 aliphatic rings. The molecule has 2 aliphatic carbocycles. The fourth-order valence-electron chi connectivity index (χ4n) is 3.67. The van der Waals surface area contributed by atoms with Crippen molar-refractivity contribution >= 4 is 3.27 Å². The average molecular weight is 449 g/mol. The molecule has 25 heavy (non-hydrogen) atoms. The Morgan fingerprint density at radius 1 is 0.960 bits per heavy atom. The van der Waals surface area contributed by atoms with E-state index < -0.39 is 23.2 Å². The van der Waals surface area contributed by atoms with Gasteiger partial charge in [-0.2, -0.15) is 0 Å². The molecule has 3 heteroatoms. The molecule has 0 bridgehead atoms. The number of unbranched alkanes of at least 4 members (excludes halogenated alkanes) is 1. The molecule has 0 aromatic heterocycles. The third-order valence-corrected chi connectivity index (χ3v) is 8.37. The quantitative estimate of drug-likeness (QED) is 0.488. The molecule has 0 fully saturated rings. The van der Waals surface area contributed by atoms with E-state index in [2.05, 4.69) is 61.5 Å². The van der Waals surface area contributed by atoms with Gasteiger partial charge in [0.2, 0.25) is 0 Å². The first-order valence-electron chi connectivity index (χ1n) is 8.72. The first kappa shape index (κ1) is 20.7. The van der Waals surface area contributed by atoms with Crippen LogP contribution in [0.3, 0.4) is 0 Å². The van der Waals surface area contributed by atoms with Gasteiger partial charge in [-0.3, -0.25) is 0 Å². The zero-order chi connectivity index (χ0) is 15.6. The van der Waals surface area contributed by atoms with Crippen molar-refractivity contribution in [1.82, 2.24) is 0 Å². The standard InChI is InChI=1S/C13H9.C9H13.2ClH.Zr/c1-3-7-12-10(5-1)9-11-6-2-4-8-13(11)12;1-2-3-6-9-7-4-5-8-9;;;/h1-5,7-8H,9H2;7-8H,2-4,6H2,1H3;2*1H;/q;;;;+2/p-2. The van der Waals surface area contributed by atoms with Crippen LogP contribution in [0.25, 0.3) is 11.1 Å². The minimum atomic E-state index is -0.638. The van der Waals surface area contributed by atoms with Gasteiger partial charge in [-0.15, -0.1) is 0 Å². The normalized spacial score (nSPS) is 13.6. The summed E-state index contributed by atoms with van der Waals surface area (Å²) in [6, 6.07) is 15.9. The van der Waals surface area contributed by atoms with Crippen molar-refractivity contribution in [3.8, 4) is 11.1 Å². The van der Waals surface area contributed by atoms with E-state index in [0.29, 0.717) is 0 Å². The Morgan fingerprint density at radius 2 is 1.76 bits per heavy atom. The molecule has 0 atom stereocenters. The molecule has 0 amide bonds. The summed E-state index contributed by atoms with van der Waals surface area (Å²) < 4.78 is 3.45. The Morgan fingerprint density at radius 3 is 2.60 bits per heavy atom. The van der Waals surface area contributed by atoms with Crippen LogP contribution >= 0.6 is 0 Å². The van der Waals surface area contributed by atoms with Gasteiger partial charge in [-0.05, 0) is 0 Å². The first-order valence-corrected chi connectivity index (χ1v) is 11.2. The van der Waals surface area contributed by atoms with Crippen LogP contribution in [0.2, 0.25) is 0 Å². The molecule has 4 rings (SSSR count). The van der Waals surface area contributed by atoms with Gasteiger partial charge < -0.3 is 24.8 Å². The number of halogens is 2. The Bertz CT molecular complexity index is 805. The number of rotatable bonds is 5. The summed E-state index contributed by atoms with van der Waals surface area (Å²) in [5, 5.41) is 0. The van der Waals surface area contributed by atoms with E-state index in [9.17, 15) is 0 Å². The second kappa shape index (κ2) is 9.36. The summed E-state index contributed by atoms with van der Waals surface area (Å²) in [6.45, 7) is 2.28. The molecule has 0 saturated heterocycles. The summed E-state index contributed by atoms with van der Waals surface area (Å²) in [6.07, 6.45) is 11.3. The SMILES string of the molecule is CCCCC1=CC[C]([Zr+2][c]2cccc3c2Cc2ccccc2-3)=C1.[Cl-].[Cl-]. The molecule has 0 aliphatic heterocycles. The largest absolute Gasteiger partial charge is 1.00 e. The molecule has 2 aromatic rings. The molecule has 0 saturated carbocycles. The minimum Gasteiger partial charge on any atom is -1.00 e. The third kappa shape index (κ3) is 4.38. The van der Waals surface area contributed by atoms with Crippen LogP contribution in [-0.4, -0.2) is 0 Å². The van der Waals surface area contributed by atoms with Crippen molar-refractivity contribution in [2.24, 2.45) is 0 Å². The van der Waals surface area contributed by atoms with Crippen molar-refractivity contribution in [3.05, 3.63) is 74.6 Å². The van der Waals surface area contributed by atoms with Crippen molar-refractivity contribution < 1.29 is 48.0 Å². The molecule has 0 radical (unpaired) electrons. The minimum absolute atomic E-state index is 0. The van der Waals surface area contributed by atoms with Crippen LogP contribution in [0.5, 0.6) is 0 Å². The van der Waals surface area contributed by atoms with Gasteiger partial charge in [0.25, 0.3) is 0 Å². The van der Waals surface area contributed by atoms with Crippen LogP contribution in [0, 0.1) is 0 Å². The summed E-state index contributed by atoms with van der Waals surface area (Å²) in [4.78, 5) is 0. The summed E-state index contributed by atoms with van der Waals surface area (Å²) in [5.41, 5.74) is 7.70. The summed E-state index contributed by atoms with van der Waals surface area (Å²) in [5.74, 6) is 0. The smallest absolute Gasteiger partial charge is 1.00 e. The van der Waals surface area contributed by atoms with Crippen molar-refractivity contribution in [2.45, 2.75) is 39.0 Å². The molecule has 0 spiro atoms. The molecular formula is C22H22Cl2Zr. The number of hydrogen-bond acceptors (Lipinski definition) is 0. The fourth-order valence-corrected chi connectivity index (χ4v) is 7.02. The molecule has 0 unspecified atom stereocenters. The van der Waals surface area contributed by atoms with Gasteiger partial charge in [0.05, 0.1) is 0 Å². The van der Waals surface area contributed by atoms with Gasteiger partial charge in [-0.25, -0.2) is 0 Å². The number of benzene rings is 2. The topological polar surface area (TPSA) is 0 Å². The van der Waals surface area contributed by atoms with E-state index >= 15 is 0 Å². The maximum atomic E-state index is 2.53. The van der Waals surface area contributed by atoms with Gasteiger partial charge in [0, 0.05) is 0 Å². The van der Waals surface area contributed by atoms with E-state index in [-0.39, 0.29) is 24.8 Å². The zero-order valence-electron chi connectivity index (χ0n) is 14.5. The molecular weight excluding hydrogens is 426 g/mol. The Kier molecular flexibility index (Phi) is 7.74. The first-order chi connectivity index (χ1) is 11.3. The van der Waals surface area contributed by atoms with Crippen LogP contribution in [-0.2, 0) is 29.7 Å². The van der Waals surface area contributed by atoms with E-state index in [1.54, 1.807) is 17.7 Å². The third-order valence-electron chi connectivity index (χ3n) is 4.91. The van der Waals surface area contributed by atoms with Crippen LogP contribution in [0.4, 0.5) is 0 Å². The predicted molar refractivity (Wildman–Crippen MR) is 94.6 cm³/mol. The Balaban J connectivity index is 0.00000113. The van der Waals surface area contributed by atoms with E-state index in [0.717, 1.165) is 6.42 Å². The number of fused-ring (bicyclic) bond motifs is 3. The van der Waals surface area contributed by atoms with Gasteiger partial charge in [0.1, 0.15) is 0 Å². The van der Waals surface area contributed by atoms with E-state index in [4.69, 9.17) is 0 Å². The maximum absolute atomic E-state index is 2.53. The van der Waals surface area contributed by atoms with Gasteiger partial charge >= 0.3 is 151 Å².